The number of hydrogen-bond acceptors (Lipinski definition) is 7. The highest BCUT2D eigenvalue weighted by atomic mass is 16.5. The molecule has 0 bridgehead atoms. The van der Waals surface area contributed by atoms with Crippen LogP contribution in [0.2, 0.25) is 0 Å². The van der Waals surface area contributed by atoms with Crippen LogP contribution in [0.1, 0.15) is 22.8 Å². The van der Waals surface area contributed by atoms with Gasteiger partial charge in [0.25, 0.3) is 5.95 Å². The maximum absolute atomic E-state index is 11.7. The second-order valence-corrected chi connectivity index (χ2v) is 3.76. The Bertz CT molecular complexity index is 595. The molecule has 8 nitrogen and oxygen atoms in total. The smallest absolute Gasteiger partial charge is 0.343 e. The molecule has 19 heavy (non-hydrogen) atoms. The Kier molecular flexibility index (Phi) is 3.71. The van der Waals surface area contributed by atoms with Gasteiger partial charge >= 0.3 is 5.97 Å². The highest BCUT2D eigenvalue weighted by molar-refractivity contribution is 5.94. The third-order valence-electron chi connectivity index (χ3n) is 2.32. The van der Waals surface area contributed by atoms with Gasteiger partial charge in [0.05, 0.1) is 12.8 Å². The molecule has 0 spiro atoms. The van der Waals surface area contributed by atoms with E-state index in [1.165, 1.54) is 10.9 Å². The Hall–Kier alpha value is -2.48. The molecule has 8 heteroatoms. The number of aryl methyl sites for hydroxylation is 1. The number of rotatable bonds is 4. The minimum atomic E-state index is -0.529. The maximum Gasteiger partial charge on any atom is 0.343 e. The highest BCUT2D eigenvalue weighted by Gasteiger charge is 2.16. The molecule has 0 saturated carbocycles. The van der Waals surface area contributed by atoms with Gasteiger partial charge in [0, 0.05) is 12.4 Å². The van der Waals surface area contributed by atoms with Crippen molar-refractivity contribution in [3.63, 3.8) is 0 Å². The van der Waals surface area contributed by atoms with Gasteiger partial charge in [-0.25, -0.2) is 20.3 Å². The number of nitrogen functional groups attached to an aromatic ring is 1. The maximum atomic E-state index is 11.7. The largest absolute Gasteiger partial charge is 0.462 e. The third kappa shape index (κ3) is 2.68. The number of nitrogens with zero attached hydrogens (tertiary/aromatic N) is 4. The van der Waals surface area contributed by atoms with Gasteiger partial charge in [-0.15, -0.1) is 0 Å². The Morgan fingerprint density at radius 2 is 2.32 bits per heavy atom. The van der Waals surface area contributed by atoms with E-state index in [0.29, 0.717) is 5.95 Å². The lowest BCUT2D eigenvalue weighted by Crippen LogP contribution is -2.17. The van der Waals surface area contributed by atoms with E-state index in [9.17, 15) is 4.79 Å². The van der Waals surface area contributed by atoms with Crippen molar-refractivity contribution < 1.29 is 9.53 Å². The lowest BCUT2D eigenvalue weighted by Gasteiger charge is -2.08. The lowest BCUT2D eigenvalue weighted by atomic mass is 10.3. The molecule has 0 unspecified atom stereocenters. The average Bonchev–Trinajstić information content (AvgIpc) is 2.85. The number of aromatic nitrogens is 4. The molecule has 2 heterocycles. The minimum Gasteiger partial charge on any atom is -0.462 e. The van der Waals surface area contributed by atoms with Crippen LogP contribution in [0.25, 0.3) is 5.95 Å². The van der Waals surface area contributed by atoms with Crippen molar-refractivity contribution >= 4 is 11.8 Å². The number of nitrogens with one attached hydrogen (secondary N) is 1. The van der Waals surface area contributed by atoms with Gasteiger partial charge < -0.3 is 10.2 Å². The van der Waals surface area contributed by atoms with Crippen LogP contribution in [0, 0.1) is 6.92 Å². The van der Waals surface area contributed by atoms with Crippen molar-refractivity contribution in [2.45, 2.75) is 13.8 Å². The molecular formula is C11H14N6O2. The van der Waals surface area contributed by atoms with E-state index in [0.717, 1.165) is 5.56 Å². The Morgan fingerprint density at radius 3 is 2.89 bits per heavy atom. The van der Waals surface area contributed by atoms with Crippen LogP contribution < -0.4 is 11.3 Å². The zero-order chi connectivity index (χ0) is 13.8. The molecule has 2 aromatic heterocycles. The van der Waals surface area contributed by atoms with Crippen LogP contribution in [0.3, 0.4) is 0 Å². The van der Waals surface area contributed by atoms with E-state index in [1.54, 1.807) is 19.3 Å². The minimum absolute atomic E-state index is 0.178. The van der Waals surface area contributed by atoms with Crippen LogP contribution >= 0.6 is 0 Å². The lowest BCUT2D eigenvalue weighted by molar-refractivity contribution is 0.0526. The van der Waals surface area contributed by atoms with Crippen LogP contribution in [-0.4, -0.2) is 32.3 Å². The van der Waals surface area contributed by atoms with E-state index >= 15 is 0 Å². The molecule has 0 atom stereocenters. The van der Waals surface area contributed by atoms with Gasteiger partial charge in [-0.05, 0) is 19.4 Å². The summed E-state index contributed by atoms with van der Waals surface area (Å²) in [7, 11) is 0. The fraction of sp³-hybridized carbons (Fsp3) is 0.273. The molecule has 0 aliphatic heterocycles. The molecule has 0 aliphatic carbocycles. The molecule has 2 aromatic rings. The summed E-state index contributed by atoms with van der Waals surface area (Å²) >= 11 is 0. The van der Waals surface area contributed by atoms with Gasteiger partial charge in [0.1, 0.15) is 5.56 Å². The van der Waals surface area contributed by atoms with Crippen LogP contribution in [-0.2, 0) is 4.74 Å². The predicted octanol–water partition coefficient (Wildman–Crippen LogP) is 0.433. The number of ether oxygens (including phenoxy) is 1. The van der Waals surface area contributed by atoms with Crippen molar-refractivity contribution in [2.75, 3.05) is 12.0 Å². The van der Waals surface area contributed by atoms with E-state index < -0.39 is 5.97 Å². The topological polar surface area (TPSA) is 108 Å². The molecule has 2 rings (SSSR count). The van der Waals surface area contributed by atoms with E-state index in [2.05, 4.69) is 20.5 Å². The van der Waals surface area contributed by atoms with Crippen molar-refractivity contribution in [2.24, 2.45) is 5.84 Å². The monoisotopic (exact) mass is 262 g/mol. The van der Waals surface area contributed by atoms with Crippen LogP contribution in [0.4, 0.5) is 5.82 Å². The first-order chi connectivity index (χ1) is 9.15. The van der Waals surface area contributed by atoms with Crippen molar-refractivity contribution in [3.05, 3.63) is 29.7 Å². The molecule has 100 valence electrons. The summed E-state index contributed by atoms with van der Waals surface area (Å²) in [6.45, 7) is 3.89. The van der Waals surface area contributed by atoms with Crippen LogP contribution in [0.5, 0.6) is 0 Å². The number of carbonyl (C=O) groups is 1. The SMILES string of the molecule is CCOC(=O)c1cnc(-n2cc(C)cn2)nc1NN. The Morgan fingerprint density at radius 1 is 1.53 bits per heavy atom. The number of carbonyl (C=O) groups excluding carboxylic acids is 1. The normalized spacial score (nSPS) is 10.3. The zero-order valence-electron chi connectivity index (χ0n) is 10.6. The molecular weight excluding hydrogens is 248 g/mol. The summed E-state index contributed by atoms with van der Waals surface area (Å²) in [6, 6.07) is 0. The predicted molar refractivity (Wildman–Crippen MR) is 67.7 cm³/mol. The summed E-state index contributed by atoms with van der Waals surface area (Å²) in [6.07, 6.45) is 4.80. The van der Waals surface area contributed by atoms with Gasteiger partial charge in [0.2, 0.25) is 0 Å². The van der Waals surface area contributed by atoms with Gasteiger partial charge in [0.15, 0.2) is 5.82 Å². The Labute approximate surface area is 109 Å². The zero-order valence-corrected chi connectivity index (χ0v) is 10.6. The molecule has 0 radical (unpaired) electrons. The summed E-state index contributed by atoms with van der Waals surface area (Å²) in [4.78, 5) is 19.9. The first kappa shape index (κ1) is 13.0. The second kappa shape index (κ2) is 5.44. The molecule has 0 amide bonds. The summed E-state index contributed by atoms with van der Waals surface area (Å²) < 4.78 is 6.37. The quantitative estimate of drug-likeness (QED) is 0.467. The summed E-state index contributed by atoms with van der Waals surface area (Å²) in [5, 5.41) is 4.08. The number of esters is 1. The van der Waals surface area contributed by atoms with Crippen molar-refractivity contribution in [1.82, 2.24) is 19.7 Å². The molecule has 0 aliphatic rings. The van der Waals surface area contributed by atoms with E-state index in [1.807, 2.05) is 6.92 Å². The number of hydrazine groups is 1. The first-order valence-corrected chi connectivity index (χ1v) is 5.68. The van der Waals surface area contributed by atoms with Gasteiger partial charge in [-0.2, -0.15) is 10.1 Å². The average molecular weight is 262 g/mol. The summed E-state index contributed by atoms with van der Waals surface area (Å²) in [5.74, 6) is 5.34. The van der Waals surface area contributed by atoms with E-state index in [4.69, 9.17) is 10.6 Å². The molecule has 0 aromatic carbocycles. The second-order valence-electron chi connectivity index (χ2n) is 3.76. The van der Waals surface area contributed by atoms with Crippen LogP contribution in [0.15, 0.2) is 18.6 Å². The first-order valence-electron chi connectivity index (χ1n) is 5.68. The Balaban J connectivity index is 2.38. The fourth-order valence-corrected chi connectivity index (χ4v) is 1.47. The molecule has 0 saturated heterocycles. The standard InChI is InChI=1S/C11H14N6O2/c1-3-19-10(18)8-5-13-11(15-9(8)16-12)17-6-7(2)4-14-17/h4-6H,3,12H2,1-2H3,(H,13,15,16). The number of nitrogens with two attached hydrogens (primary N) is 1. The summed E-state index contributed by atoms with van der Waals surface area (Å²) in [5.41, 5.74) is 3.51. The number of anilines is 1. The van der Waals surface area contributed by atoms with Crippen molar-refractivity contribution in [3.8, 4) is 5.95 Å². The highest BCUT2D eigenvalue weighted by Crippen LogP contribution is 2.13. The molecule has 3 N–H and O–H groups in total. The van der Waals surface area contributed by atoms with Crippen molar-refractivity contribution in [1.29, 1.82) is 0 Å². The third-order valence-corrected chi connectivity index (χ3v) is 2.32. The molecule has 0 fully saturated rings. The number of hydrogen-bond donors (Lipinski definition) is 2. The fourth-order valence-electron chi connectivity index (χ4n) is 1.47. The van der Waals surface area contributed by atoms with E-state index in [-0.39, 0.29) is 18.0 Å². The van der Waals surface area contributed by atoms with Gasteiger partial charge in [-0.1, -0.05) is 0 Å². The van der Waals surface area contributed by atoms with Gasteiger partial charge in [-0.3, -0.25) is 0 Å².